The Labute approximate surface area is 169 Å². The van der Waals surface area contributed by atoms with Crippen LogP contribution in [0.2, 0.25) is 0 Å². The van der Waals surface area contributed by atoms with Crippen LogP contribution in [0.25, 0.3) is 10.2 Å². The zero-order chi connectivity index (χ0) is 18.4. The predicted octanol–water partition coefficient (Wildman–Crippen LogP) is 4.62. The smallest absolute Gasteiger partial charge is 0.232 e. The van der Waals surface area contributed by atoms with E-state index in [4.69, 9.17) is 4.98 Å². The molecule has 3 aliphatic rings. The SMILES string of the molecule is Cc1nc(SCC(=O)N2CC[C@@H]3CCCC[C@H]3C2)c2c3c(sc2n1)CCC3. The number of piperidine rings is 1. The lowest BCUT2D eigenvalue weighted by atomic mass is 9.75. The summed E-state index contributed by atoms with van der Waals surface area (Å²) in [6.07, 6.45) is 10.2. The van der Waals surface area contributed by atoms with Crippen LogP contribution in [0, 0.1) is 18.8 Å². The van der Waals surface area contributed by atoms with Gasteiger partial charge in [-0.05, 0) is 56.4 Å². The Morgan fingerprint density at radius 3 is 2.89 bits per heavy atom. The standard InChI is InChI=1S/C21H27N3OS2/c1-13-22-20(19-16-7-4-8-17(16)27-21(19)23-13)26-12-18(25)24-10-9-14-5-2-3-6-15(14)11-24/h14-15H,2-12H2,1H3/t14-,15-/m0/s1. The summed E-state index contributed by atoms with van der Waals surface area (Å²) in [5.74, 6) is 3.23. The largest absolute Gasteiger partial charge is 0.342 e. The number of rotatable bonds is 3. The van der Waals surface area contributed by atoms with Crippen LogP contribution < -0.4 is 0 Å². The van der Waals surface area contributed by atoms with Crippen molar-refractivity contribution in [2.24, 2.45) is 11.8 Å². The molecular formula is C21H27N3OS2. The van der Waals surface area contributed by atoms with Crippen LogP contribution >= 0.6 is 23.1 Å². The second kappa shape index (κ2) is 7.36. The minimum Gasteiger partial charge on any atom is -0.342 e. The first-order valence-electron chi connectivity index (χ1n) is 10.4. The van der Waals surface area contributed by atoms with E-state index in [1.807, 2.05) is 18.3 Å². The minimum atomic E-state index is 0.292. The zero-order valence-corrected chi connectivity index (χ0v) is 17.6. The van der Waals surface area contributed by atoms with Crippen LogP contribution in [-0.2, 0) is 17.6 Å². The summed E-state index contributed by atoms with van der Waals surface area (Å²) in [6, 6.07) is 0. The molecular weight excluding hydrogens is 374 g/mol. The summed E-state index contributed by atoms with van der Waals surface area (Å²) in [5, 5.41) is 2.26. The second-order valence-corrected chi connectivity index (χ2v) is 10.4. The number of thioether (sulfide) groups is 1. The summed E-state index contributed by atoms with van der Waals surface area (Å²) in [4.78, 5) is 27.0. The van der Waals surface area contributed by atoms with Crippen molar-refractivity contribution in [1.82, 2.24) is 14.9 Å². The van der Waals surface area contributed by atoms with Crippen molar-refractivity contribution in [2.75, 3.05) is 18.8 Å². The molecule has 0 unspecified atom stereocenters. The van der Waals surface area contributed by atoms with Crippen LogP contribution in [0.3, 0.4) is 0 Å². The van der Waals surface area contributed by atoms with Crippen molar-refractivity contribution in [1.29, 1.82) is 0 Å². The Balaban J connectivity index is 1.31. The molecule has 1 saturated carbocycles. The number of amides is 1. The first-order chi connectivity index (χ1) is 13.2. The van der Waals surface area contributed by atoms with Gasteiger partial charge in [-0.3, -0.25) is 4.79 Å². The van der Waals surface area contributed by atoms with Crippen molar-refractivity contribution >= 4 is 39.2 Å². The van der Waals surface area contributed by atoms with E-state index in [1.165, 1.54) is 60.8 Å². The quantitative estimate of drug-likeness (QED) is 0.556. The van der Waals surface area contributed by atoms with Gasteiger partial charge in [-0.1, -0.05) is 31.0 Å². The number of fused-ring (bicyclic) bond motifs is 4. The second-order valence-electron chi connectivity index (χ2n) is 8.34. The maximum Gasteiger partial charge on any atom is 0.232 e. The molecule has 2 aromatic rings. The average molecular weight is 402 g/mol. The van der Waals surface area contributed by atoms with E-state index in [9.17, 15) is 4.79 Å². The van der Waals surface area contributed by atoms with Crippen LogP contribution in [-0.4, -0.2) is 39.6 Å². The Morgan fingerprint density at radius 1 is 1.15 bits per heavy atom. The molecule has 1 saturated heterocycles. The first-order valence-corrected chi connectivity index (χ1v) is 12.2. The van der Waals surface area contributed by atoms with E-state index in [0.29, 0.717) is 11.7 Å². The normalized spacial score (nSPS) is 24.9. The molecule has 2 atom stereocenters. The number of aryl methyl sites for hydroxylation is 3. The van der Waals surface area contributed by atoms with Crippen LogP contribution in [0.1, 0.15) is 54.8 Å². The summed E-state index contributed by atoms with van der Waals surface area (Å²) < 4.78 is 0. The summed E-state index contributed by atoms with van der Waals surface area (Å²) in [6.45, 7) is 3.90. The number of likely N-dealkylation sites (tertiary alicyclic amines) is 1. The fourth-order valence-corrected chi connectivity index (χ4v) is 7.59. The number of hydrogen-bond donors (Lipinski definition) is 0. The van der Waals surface area contributed by atoms with Crippen LogP contribution in [0.4, 0.5) is 0 Å². The van der Waals surface area contributed by atoms with Gasteiger partial charge in [-0.15, -0.1) is 11.3 Å². The molecule has 4 nitrogen and oxygen atoms in total. The molecule has 0 N–H and O–H groups in total. The van der Waals surface area contributed by atoms with Gasteiger partial charge in [0.05, 0.1) is 5.75 Å². The van der Waals surface area contributed by atoms with Crippen molar-refractivity contribution in [3.63, 3.8) is 0 Å². The van der Waals surface area contributed by atoms with Gasteiger partial charge in [0, 0.05) is 23.4 Å². The van der Waals surface area contributed by atoms with E-state index in [1.54, 1.807) is 11.8 Å². The lowest BCUT2D eigenvalue weighted by Crippen LogP contribution is -2.45. The van der Waals surface area contributed by atoms with E-state index < -0.39 is 0 Å². The van der Waals surface area contributed by atoms with Crippen LogP contribution in [0.5, 0.6) is 0 Å². The van der Waals surface area contributed by atoms with Gasteiger partial charge >= 0.3 is 0 Å². The predicted molar refractivity (Wildman–Crippen MR) is 112 cm³/mol. The number of carbonyl (C=O) groups excluding carboxylic acids is 1. The van der Waals surface area contributed by atoms with Crippen LogP contribution in [0.15, 0.2) is 5.03 Å². The molecule has 2 fully saturated rings. The Morgan fingerprint density at radius 2 is 2.00 bits per heavy atom. The van der Waals surface area contributed by atoms with Gasteiger partial charge in [0.15, 0.2) is 0 Å². The Kier molecular flexibility index (Phi) is 4.88. The van der Waals surface area contributed by atoms with Gasteiger partial charge in [0.2, 0.25) is 5.91 Å². The fourth-order valence-electron chi connectivity index (χ4n) is 5.22. The molecule has 2 aliphatic carbocycles. The molecule has 1 amide bonds. The highest BCUT2D eigenvalue weighted by Crippen LogP contribution is 2.41. The first kappa shape index (κ1) is 17.9. The molecule has 2 aromatic heterocycles. The minimum absolute atomic E-state index is 0.292. The summed E-state index contributed by atoms with van der Waals surface area (Å²) >= 11 is 3.46. The Bertz CT molecular complexity index is 878. The molecule has 0 radical (unpaired) electrons. The maximum absolute atomic E-state index is 12.9. The van der Waals surface area contributed by atoms with Gasteiger partial charge in [0.1, 0.15) is 15.7 Å². The molecule has 0 aromatic carbocycles. The highest BCUT2D eigenvalue weighted by molar-refractivity contribution is 8.00. The molecule has 6 heteroatoms. The number of aromatic nitrogens is 2. The van der Waals surface area contributed by atoms with E-state index >= 15 is 0 Å². The fraction of sp³-hybridized carbons (Fsp3) is 0.667. The molecule has 27 heavy (non-hydrogen) atoms. The number of hydrogen-bond acceptors (Lipinski definition) is 5. The van der Waals surface area contributed by atoms with E-state index in [0.717, 1.165) is 47.0 Å². The van der Waals surface area contributed by atoms with Gasteiger partial charge in [-0.25, -0.2) is 9.97 Å². The summed E-state index contributed by atoms with van der Waals surface area (Å²) in [7, 11) is 0. The van der Waals surface area contributed by atoms with E-state index in [2.05, 4.69) is 9.88 Å². The highest BCUT2D eigenvalue weighted by Gasteiger charge is 2.33. The van der Waals surface area contributed by atoms with E-state index in [-0.39, 0.29) is 0 Å². The zero-order valence-electron chi connectivity index (χ0n) is 16.0. The number of carbonyl (C=O) groups is 1. The van der Waals surface area contributed by atoms with Crippen molar-refractivity contribution in [3.05, 3.63) is 16.3 Å². The van der Waals surface area contributed by atoms with Crippen molar-refractivity contribution in [2.45, 2.75) is 63.3 Å². The molecule has 3 heterocycles. The van der Waals surface area contributed by atoms with Crippen molar-refractivity contribution in [3.8, 4) is 0 Å². The molecule has 144 valence electrons. The summed E-state index contributed by atoms with van der Waals surface area (Å²) in [5.41, 5.74) is 1.45. The third kappa shape index (κ3) is 3.39. The van der Waals surface area contributed by atoms with Gasteiger partial charge in [0.25, 0.3) is 0 Å². The molecule has 5 rings (SSSR count). The highest BCUT2D eigenvalue weighted by atomic mass is 32.2. The Hall–Kier alpha value is -1.14. The lowest BCUT2D eigenvalue weighted by molar-refractivity contribution is -0.131. The topological polar surface area (TPSA) is 46.1 Å². The lowest BCUT2D eigenvalue weighted by Gasteiger charge is -2.41. The molecule has 0 spiro atoms. The molecule has 0 bridgehead atoms. The maximum atomic E-state index is 12.9. The average Bonchev–Trinajstić information content (AvgIpc) is 3.26. The van der Waals surface area contributed by atoms with Crippen molar-refractivity contribution < 1.29 is 4.79 Å². The van der Waals surface area contributed by atoms with Gasteiger partial charge in [-0.2, -0.15) is 0 Å². The third-order valence-corrected chi connectivity index (χ3v) is 8.77. The number of nitrogens with zero attached hydrogens (tertiary/aromatic N) is 3. The number of thiophene rings is 1. The third-order valence-electron chi connectivity index (χ3n) is 6.62. The molecule has 1 aliphatic heterocycles. The monoisotopic (exact) mass is 401 g/mol. The van der Waals surface area contributed by atoms with Gasteiger partial charge < -0.3 is 4.90 Å².